The van der Waals surface area contributed by atoms with Crippen molar-refractivity contribution in [1.29, 1.82) is 0 Å². The van der Waals surface area contributed by atoms with Crippen LogP contribution in [0, 0.1) is 0 Å². The van der Waals surface area contributed by atoms with Crippen molar-refractivity contribution < 1.29 is 19.4 Å². The normalized spacial score (nSPS) is 18.5. The van der Waals surface area contributed by atoms with Crippen LogP contribution in [0.5, 0.6) is 5.75 Å². The average Bonchev–Trinajstić information content (AvgIpc) is 2.99. The minimum Gasteiger partial charge on any atom is -0.507 e. The minimum absolute atomic E-state index is 0.00787. The monoisotopic (exact) mass is 421 g/mol. The molecule has 1 atom stereocenters. The van der Waals surface area contributed by atoms with Crippen molar-refractivity contribution in [3.8, 4) is 5.75 Å². The maximum absolute atomic E-state index is 13.0. The molecule has 1 heterocycles. The van der Waals surface area contributed by atoms with Gasteiger partial charge in [-0.15, -0.1) is 0 Å². The molecular formula is C26H31NO4. The topological polar surface area (TPSA) is 66.8 Å². The Bertz CT molecular complexity index is 982. The molecular weight excluding hydrogens is 390 g/mol. The number of nitrogens with zero attached hydrogens (tertiary/aromatic N) is 1. The molecule has 1 unspecified atom stereocenters. The SMILES string of the molecule is CCCN1C(=O)C(=O)/C(=C(\O)c2ccc(OCC)cc2)C1c1ccc(C(C)(C)C)cc1. The molecule has 5 nitrogen and oxygen atoms in total. The van der Waals surface area contributed by atoms with Crippen molar-refractivity contribution in [2.24, 2.45) is 0 Å². The number of ketones is 1. The van der Waals surface area contributed by atoms with E-state index in [0.717, 1.165) is 11.1 Å². The van der Waals surface area contributed by atoms with E-state index in [4.69, 9.17) is 4.74 Å². The van der Waals surface area contributed by atoms with E-state index in [1.165, 1.54) is 0 Å². The molecule has 31 heavy (non-hydrogen) atoms. The zero-order chi connectivity index (χ0) is 22.8. The fraction of sp³-hybridized carbons (Fsp3) is 0.385. The second-order valence-corrected chi connectivity index (χ2v) is 8.82. The van der Waals surface area contributed by atoms with Crippen molar-refractivity contribution in [3.05, 3.63) is 70.8 Å². The van der Waals surface area contributed by atoms with Gasteiger partial charge in [0.05, 0.1) is 18.2 Å². The summed E-state index contributed by atoms with van der Waals surface area (Å²) in [6.45, 7) is 11.2. The molecule has 164 valence electrons. The van der Waals surface area contributed by atoms with Crippen LogP contribution in [0.25, 0.3) is 5.76 Å². The molecule has 0 saturated carbocycles. The molecule has 0 spiro atoms. The van der Waals surface area contributed by atoms with E-state index in [9.17, 15) is 14.7 Å². The first-order valence-electron chi connectivity index (χ1n) is 10.8. The highest BCUT2D eigenvalue weighted by Crippen LogP contribution is 2.40. The number of likely N-dealkylation sites (tertiary alicyclic amines) is 1. The summed E-state index contributed by atoms with van der Waals surface area (Å²) in [6, 6.07) is 14.2. The van der Waals surface area contributed by atoms with Crippen LogP contribution in [0.4, 0.5) is 0 Å². The lowest BCUT2D eigenvalue weighted by molar-refractivity contribution is -0.139. The van der Waals surface area contributed by atoms with Gasteiger partial charge in [0, 0.05) is 12.1 Å². The largest absolute Gasteiger partial charge is 0.507 e. The summed E-state index contributed by atoms with van der Waals surface area (Å²) in [6.07, 6.45) is 0.715. The summed E-state index contributed by atoms with van der Waals surface area (Å²) >= 11 is 0. The van der Waals surface area contributed by atoms with Gasteiger partial charge < -0.3 is 14.7 Å². The summed E-state index contributed by atoms with van der Waals surface area (Å²) in [5, 5.41) is 11.1. The van der Waals surface area contributed by atoms with Crippen LogP contribution < -0.4 is 4.74 Å². The lowest BCUT2D eigenvalue weighted by Crippen LogP contribution is -2.30. The van der Waals surface area contributed by atoms with Crippen LogP contribution in [0.1, 0.15) is 63.8 Å². The van der Waals surface area contributed by atoms with Crippen LogP contribution in [0.3, 0.4) is 0 Å². The molecule has 3 rings (SSSR count). The molecule has 1 aliphatic heterocycles. The number of aliphatic hydroxyl groups excluding tert-OH is 1. The molecule has 1 saturated heterocycles. The van der Waals surface area contributed by atoms with Gasteiger partial charge in [-0.05, 0) is 54.2 Å². The van der Waals surface area contributed by atoms with Gasteiger partial charge >= 0.3 is 0 Å². The van der Waals surface area contributed by atoms with Gasteiger partial charge in [0.1, 0.15) is 11.5 Å². The molecule has 1 fully saturated rings. The number of carbonyl (C=O) groups is 2. The zero-order valence-electron chi connectivity index (χ0n) is 18.9. The minimum atomic E-state index is -0.648. The molecule has 5 heteroatoms. The van der Waals surface area contributed by atoms with Gasteiger partial charge in [0.25, 0.3) is 11.7 Å². The second-order valence-electron chi connectivity index (χ2n) is 8.82. The Morgan fingerprint density at radius 3 is 2.13 bits per heavy atom. The van der Waals surface area contributed by atoms with Gasteiger partial charge in [-0.2, -0.15) is 0 Å². The van der Waals surface area contributed by atoms with Crippen LogP contribution in [-0.2, 0) is 15.0 Å². The predicted octanol–water partition coefficient (Wildman–Crippen LogP) is 5.21. The molecule has 1 aliphatic rings. The molecule has 0 radical (unpaired) electrons. The number of amides is 1. The Morgan fingerprint density at radius 2 is 1.61 bits per heavy atom. The van der Waals surface area contributed by atoms with Gasteiger partial charge in [0.2, 0.25) is 0 Å². The Kier molecular flexibility index (Phi) is 6.54. The van der Waals surface area contributed by atoms with E-state index in [2.05, 4.69) is 20.8 Å². The maximum Gasteiger partial charge on any atom is 0.295 e. The average molecular weight is 422 g/mol. The molecule has 1 amide bonds. The summed E-state index contributed by atoms with van der Waals surface area (Å²) in [5.41, 5.74) is 2.58. The first kappa shape index (κ1) is 22.6. The number of hydrogen-bond donors (Lipinski definition) is 1. The first-order valence-corrected chi connectivity index (χ1v) is 10.8. The highest BCUT2D eigenvalue weighted by Gasteiger charge is 2.45. The Balaban J connectivity index is 2.10. The number of Topliss-reactive ketones (excluding diaryl/α,β-unsaturated/α-hetero) is 1. The fourth-order valence-electron chi connectivity index (χ4n) is 3.89. The van der Waals surface area contributed by atoms with Crippen LogP contribution in [0.2, 0.25) is 0 Å². The van der Waals surface area contributed by atoms with Gasteiger partial charge in [-0.25, -0.2) is 0 Å². The van der Waals surface area contributed by atoms with E-state index in [1.54, 1.807) is 29.2 Å². The number of aliphatic hydroxyl groups is 1. The third kappa shape index (κ3) is 4.50. The molecule has 0 bridgehead atoms. The lowest BCUT2D eigenvalue weighted by atomic mass is 9.85. The number of carbonyl (C=O) groups excluding carboxylic acids is 2. The Labute approximate surface area is 184 Å². The lowest BCUT2D eigenvalue weighted by Gasteiger charge is -2.26. The van der Waals surface area contributed by atoms with E-state index >= 15 is 0 Å². The quantitative estimate of drug-likeness (QED) is 0.395. The van der Waals surface area contributed by atoms with Crippen molar-refractivity contribution in [2.75, 3.05) is 13.2 Å². The van der Waals surface area contributed by atoms with E-state index in [0.29, 0.717) is 30.9 Å². The van der Waals surface area contributed by atoms with Crippen LogP contribution in [-0.4, -0.2) is 34.8 Å². The summed E-state index contributed by atoms with van der Waals surface area (Å²) < 4.78 is 5.46. The van der Waals surface area contributed by atoms with E-state index < -0.39 is 17.7 Å². The van der Waals surface area contributed by atoms with Gasteiger partial charge in [-0.1, -0.05) is 52.0 Å². The number of rotatable bonds is 6. The molecule has 2 aromatic rings. The first-order chi connectivity index (χ1) is 14.7. The summed E-state index contributed by atoms with van der Waals surface area (Å²) in [5.74, 6) is -0.700. The molecule has 0 aromatic heterocycles. The van der Waals surface area contributed by atoms with Crippen molar-refractivity contribution in [2.45, 2.75) is 52.5 Å². The number of hydrogen-bond acceptors (Lipinski definition) is 4. The summed E-state index contributed by atoms with van der Waals surface area (Å²) in [4.78, 5) is 27.3. The van der Waals surface area contributed by atoms with Crippen LogP contribution in [0.15, 0.2) is 54.1 Å². The molecule has 2 aromatic carbocycles. The smallest absolute Gasteiger partial charge is 0.295 e. The third-order valence-electron chi connectivity index (χ3n) is 5.54. The third-order valence-corrected chi connectivity index (χ3v) is 5.54. The Morgan fingerprint density at radius 1 is 1.00 bits per heavy atom. The number of benzene rings is 2. The van der Waals surface area contributed by atoms with Crippen molar-refractivity contribution >= 4 is 17.4 Å². The Hall–Kier alpha value is -3.08. The molecule has 0 aliphatic carbocycles. The van der Waals surface area contributed by atoms with Gasteiger partial charge in [0.15, 0.2) is 0 Å². The summed E-state index contributed by atoms with van der Waals surface area (Å²) in [7, 11) is 0. The van der Waals surface area contributed by atoms with Gasteiger partial charge in [-0.3, -0.25) is 9.59 Å². The van der Waals surface area contributed by atoms with E-state index in [-0.39, 0.29) is 16.7 Å². The van der Waals surface area contributed by atoms with Crippen molar-refractivity contribution in [3.63, 3.8) is 0 Å². The van der Waals surface area contributed by atoms with Crippen LogP contribution >= 0.6 is 0 Å². The fourth-order valence-corrected chi connectivity index (χ4v) is 3.89. The number of ether oxygens (including phenoxy) is 1. The highest BCUT2D eigenvalue weighted by atomic mass is 16.5. The molecule has 1 N–H and O–H groups in total. The second kappa shape index (κ2) is 8.96. The van der Waals surface area contributed by atoms with E-state index in [1.807, 2.05) is 38.1 Å². The highest BCUT2D eigenvalue weighted by molar-refractivity contribution is 6.46. The predicted molar refractivity (Wildman–Crippen MR) is 122 cm³/mol. The maximum atomic E-state index is 13.0. The standard InChI is InChI=1S/C26H31NO4/c1-6-16-27-22(17-8-12-19(13-9-17)26(3,4)5)21(24(29)25(27)30)23(28)18-10-14-20(15-11-18)31-7-2/h8-15,22,28H,6-7,16H2,1-5H3/b23-21-. The van der Waals surface area contributed by atoms with Crippen molar-refractivity contribution in [1.82, 2.24) is 4.90 Å². The zero-order valence-corrected chi connectivity index (χ0v) is 18.9.